The monoisotopic (exact) mass is 237 g/mol. The minimum absolute atomic E-state index is 0.204. The molecule has 0 fully saturated rings. The Balaban J connectivity index is 2.54. The summed E-state index contributed by atoms with van der Waals surface area (Å²) >= 11 is 0. The summed E-state index contributed by atoms with van der Waals surface area (Å²) < 4.78 is 2.04. The number of nitrogens with two attached hydrogens (primary N) is 1. The molecule has 1 heterocycles. The summed E-state index contributed by atoms with van der Waals surface area (Å²) in [6.07, 6.45) is 5.08. The predicted molar refractivity (Wildman–Crippen MR) is 73.0 cm³/mol. The highest BCUT2D eigenvalue weighted by Crippen LogP contribution is 2.21. The van der Waals surface area contributed by atoms with Crippen LogP contribution in [0.2, 0.25) is 0 Å². The molecule has 0 amide bonds. The molecule has 3 heteroatoms. The highest BCUT2D eigenvalue weighted by molar-refractivity contribution is 5.02. The van der Waals surface area contributed by atoms with Gasteiger partial charge in [0.25, 0.3) is 0 Å². The molecule has 0 bridgehead atoms. The predicted octanol–water partition coefficient (Wildman–Crippen LogP) is 3.16. The van der Waals surface area contributed by atoms with Crippen LogP contribution in [0, 0.1) is 5.41 Å². The van der Waals surface area contributed by atoms with Gasteiger partial charge in [0.15, 0.2) is 0 Å². The number of rotatable bonds is 5. The zero-order chi connectivity index (χ0) is 13.1. The molecule has 1 aromatic rings. The van der Waals surface area contributed by atoms with Crippen LogP contribution < -0.4 is 5.73 Å². The van der Waals surface area contributed by atoms with Crippen molar-refractivity contribution in [3.05, 3.63) is 18.0 Å². The summed E-state index contributed by atoms with van der Waals surface area (Å²) in [7, 11) is 0. The second-order valence-electron chi connectivity index (χ2n) is 6.27. The van der Waals surface area contributed by atoms with E-state index in [2.05, 4.69) is 52.0 Å². The molecule has 1 rings (SSSR count). The van der Waals surface area contributed by atoms with E-state index in [4.69, 9.17) is 5.73 Å². The van der Waals surface area contributed by atoms with Crippen molar-refractivity contribution >= 4 is 0 Å². The lowest BCUT2D eigenvalue weighted by Gasteiger charge is -2.22. The van der Waals surface area contributed by atoms with Crippen molar-refractivity contribution < 1.29 is 0 Å². The van der Waals surface area contributed by atoms with Crippen LogP contribution in [0.5, 0.6) is 0 Å². The lowest BCUT2D eigenvalue weighted by molar-refractivity contribution is 0.336. The quantitative estimate of drug-likeness (QED) is 0.855. The van der Waals surface area contributed by atoms with Gasteiger partial charge in [0.05, 0.1) is 5.69 Å². The lowest BCUT2D eigenvalue weighted by Crippen LogP contribution is -2.28. The molecule has 0 spiro atoms. The minimum atomic E-state index is 0.204. The van der Waals surface area contributed by atoms with Crippen molar-refractivity contribution in [2.24, 2.45) is 11.1 Å². The average molecular weight is 237 g/mol. The van der Waals surface area contributed by atoms with Crippen molar-refractivity contribution in [3.63, 3.8) is 0 Å². The molecular weight excluding hydrogens is 210 g/mol. The first kappa shape index (κ1) is 14.2. The zero-order valence-electron chi connectivity index (χ0n) is 11.9. The van der Waals surface area contributed by atoms with Gasteiger partial charge in [-0.25, -0.2) is 0 Å². The van der Waals surface area contributed by atoms with Crippen LogP contribution in [0.1, 0.15) is 59.2 Å². The second kappa shape index (κ2) is 5.67. The molecule has 0 aliphatic carbocycles. The Hall–Kier alpha value is -0.830. The largest absolute Gasteiger partial charge is 0.327 e. The third kappa shape index (κ3) is 4.90. The van der Waals surface area contributed by atoms with E-state index >= 15 is 0 Å². The van der Waals surface area contributed by atoms with E-state index in [1.54, 1.807) is 0 Å². The SMILES string of the molecule is CCC(C)n1ccc(CC(N)CC(C)(C)C)n1. The van der Waals surface area contributed by atoms with Gasteiger partial charge in [-0.2, -0.15) is 5.10 Å². The Morgan fingerprint density at radius 3 is 2.59 bits per heavy atom. The highest BCUT2D eigenvalue weighted by Gasteiger charge is 2.17. The van der Waals surface area contributed by atoms with Crippen molar-refractivity contribution in [2.45, 2.75) is 66.0 Å². The number of nitrogens with zero attached hydrogens (tertiary/aromatic N) is 2. The number of hydrogen-bond donors (Lipinski definition) is 1. The molecule has 0 aliphatic heterocycles. The Labute approximate surface area is 105 Å². The topological polar surface area (TPSA) is 43.8 Å². The number of aromatic nitrogens is 2. The molecule has 0 saturated heterocycles. The van der Waals surface area contributed by atoms with E-state index in [1.807, 2.05) is 4.68 Å². The van der Waals surface area contributed by atoms with E-state index in [-0.39, 0.29) is 6.04 Å². The first-order valence-electron chi connectivity index (χ1n) is 6.61. The summed E-state index contributed by atoms with van der Waals surface area (Å²) in [5, 5.41) is 4.59. The summed E-state index contributed by atoms with van der Waals surface area (Å²) in [6, 6.07) is 2.77. The molecule has 0 aliphatic rings. The zero-order valence-corrected chi connectivity index (χ0v) is 11.9. The van der Waals surface area contributed by atoms with Gasteiger partial charge in [-0.3, -0.25) is 4.68 Å². The normalized spacial score (nSPS) is 15.9. The van der Waals surface area contributed by atoms with E-state index in [0.717, 1.165) is 25.0 Å². The average Bonchev–Trinajstić information content (AvgIpc) is 2.62. The van der Waals surface area contributed by atoms with Gasteiger partial charge in [-0.15, -0.1) is 0 Å². The lowest BCUT2D eigenvalue weighted by atomic mass is 9.87. The van der Waals surface area contributed by atoms with Crippen LogP contribution in [0.3, 0.4) is 0 Å². The second-order valence-corrected chi connectivity index (χ2v) is 6.27. The van der Waals surface area contributed by atoms with Crippen LogP contribution in [-0.2, 0) is 6.42 Å². The van der Waals surface area contributed by atoms with Gasteiger partial charge in [0.2, 0.25) is 0 Å². The minimum Gasteiger partial charge on any atom is -0.327 e. The third-order valence-electron chi connectivity index (χ3n) is 3.05. The molecule has 0 radical (unpaired) electrons. The summed E-state index contributed by atoms with van der Waals surface area (Å²) in [4.78, 5) is 0. The smallest absolute Gasteiger partial charge is 0.0640 e. The van der Waals surface area contributed by atoms with Gasteiger partial charge in [-0.1, -0.05) is 27.7 Å². The maximum atomic E-state index is 6.16. The Morgan fingerprint density at radius 1 is 1.41 bits per heavy atom. The van der Waals surface area contributed by atoms with Gasteiger partial charge >= 0.3 is 0 Å². The van der Waals surface area contributed by atoms with Crippen molar-refractivity contribution in [1.82, 2.24) is 9.78 Å². The first-order valence-corrected chi connectivity index (χ1v) is 6.61. The fourth-order valence-corrected chi connectivity index (χ4v) is 2.05. The van der Waals surface area contributed by atoms with E-state index in [9.17, 15) is 0 Å². The van der Waals surface area contributed by atoms with Crippen molar-refractivity contribution in [1.29, 1.82) is 0 Å². The third-order valence-corrected chi connectivity index (χ3v) is 3.05. The van der Waals surface area contributed by atoms with Gasteiger partial charge < -0.3 is 5.73 Å². The van der Waals surface area contributed by atoms with Crippen LogP contribution in [0.25, 0.3) is 0 Å². The number of hydrogen-bond acceptors (Lipinski definition) is 2. The Morgan fingerprint density at radius 2 is 2.06 bits per heavy atom. The summed E-state index contributed by atoms with van der Waals surface area (Å²) in [5.74, 6) is 0. The first-order chi connectivity index (χ1) is 7.81. The van der Waals surface area contributed by atoms with Gasteiger partial charge in [-0.05, 0) is 31.2 Å². The van der Waals surface area contributed by atoms with E-state index < -0.39 is 0 Å². The summed E-state index contributed by atoms with van der Waals surface area (Å²) in [5.41, 5.74) is 7.56. The fraction of sp³-hybridized carbons (Fsp3) is 0.786. The molecule has 1 aromatic heterocycles. The van der Waals surface area contributed by atoms with E-state index in [1.165, 1.54) is 0 Å². The molecular formula is C14H27N3. The molecule has 17 heavy (non-hydrogen) atoms. The van der Waals surface area contributed by atoms with E-state index in [0.29, 0.717) is 11.5 Å². The maximum Gasteiger partial charge on any atom is 0.0640 e. The molecule has 98 valence electrons. The summed E-state index contributed by atoms with van der Waals surface area (Å²) in [6.45, 7) is 11.0. The van der Waals surface area contributed by atoms with Crippen molar-refractivity contribution in [3.8, 4) is 0 Å². The maximum absolute atomic E-state index is 6.16. The molecule has 2 unspecified atom stereocenters. The standard InChI is InChI=1S/C14H27N3/c1-6-11(2)17-8-7-13(16-17)9-12(15)10-14(3,4)5/h7-8,11-12H,6,9-10,15H2,1-5H3. The molecule has 0 saturated carbocycles. The fourth-order valence-electron chi connectivity index (χ4n) is 2.05. The Bertz CT molecular complexity index is 335. The molecule has 0 aromatic carbocycles. The van der Waals surface area contributed by atoms with Crippen LogP contribution in [-0.4, -0.2) is 15.8 Å². The molecule has 3 nitrogen and oxygen atoms in total. The van der Waals surface area contributed by atoms with Crippen LogP contribution >= 0.6 is 0 Å². The van der Waals surface area contributed by atoms with Gasteiger partial charge in [0.1, 0.15) is 0 Å². The molecule has 2 atom stereocenters. The van der Waals surface area contributed by atoms with Crippen LogP contribution in [0.15, 0.2) is 12.3 Å². The van der Waals surface area contributed by atoms with Crippen molar-refractivity contribution in [2.75, 3.05) is 0 Å². The van der Waals surface area contributed by atoms with Gasteiger partial charge in [0, 0.05) is 24.7 Å². The highest BCUT2D eigenvalue weighted by atomic mass is 15.3. The molecule has 2 N–H and O–H groups in total. The van der Waals surface area contributed by atoms with Crippen LogP contribution in [0.4, 0.5) is 0 Å². The Kier molecular flexibility index (Phi) is 4.75.